The van der Waals surface area contributed by atoms with Crippen molar-refractivity contribution < 1.29 is 19.4 Å². The molecule has 4 N–H and O–H groups in total. The highest BCUT2D eigenvalue weighted by Crippen LogP contribution is 2.43. The lowest BCUT2D eigenvalue weighted by Gasteiger charge is -2.41. The summed E-state index contributed by atoms with van der Waals surface area (Å²) in [6, 6.07) is 23.8. The molecule has 0 spiro atoms. The molecule has 4 atom stereocenters. The first kappa shape index (κ1) is 25.4. The molecule has 3 aromatic carbocycles. The van der Waals surface area contributed by atoms with E-state index in [2.05, 4.69) is 12.2 Å². The van der Waals surface area contributed by atoms with Crippen LogP contribution in [-0.2, 0) is 27.4 Å². The number of hydrogen-bond donors (Lipinski definition) is 3. The molecule has 0 aliphatic carbocycles. The second kappa shape index (κ2) is 11.8. The minimum atomic E-state index is -0.492. The number of carbonyl (C=O) groups excluding carboxylic acids is 1. The van der Waals surface area contributed by atoms with Crippen LogP contribution in [-0.4, -0.2) is 22.9 Å². The van der Waals surface area contributed by atoms with Crippen LogP contribution in [0.2, 0.25) is 0 Å². The quantitative estimate of drug-likeness (QED) is 0.375. The van der Waals surface area contributed by atoms with Gasteiger partial charge in [-0.2, -0.15) is 0 Å². The van der Waals surface area contributed by atoms with Crippen LogP contribution in [0.15, 0.2) is 77.7 Å². The van der Waals surface area contributed by atoms with E-state index in [4.69, 9.17) is 15.2 Å². The Morgan fingerprint density at radius 1 is 0.943 bits per heavy atom. The summed E-state index contributed by atoms with van der Waals surface area (Å²) < 4.78 is 13.0. The van der Waals surface area contributed by atoms with Crippen molar-refractivity contribution in [3.05, 3.63) is 95.1 Å². The number of hydrogen-bond acceptors (Lipinski definition) is 6. The van der Waals surface area contributed by atoms with Crippen LogP contribution in [0.3, 0.4) is 0 Å². The van der Waals surface area contributed by atoms with Gasteiger partial charge in [0.25, 0.3) is 0 Å². The highest BCUT2D eigenvalue weighted by atomic mass is 32.2. The Balaban J connectivity index is 1.53. The number of aliphatic hydroxyl groups excluding tert-OH is 1. The van der Waals surface area contributed by atoms with Gasteiger partial charge in [-0.3, -0.25) is 4.79 Å². The molecule has 1 aliphatic rings. The summed E-state index contributed by atoms with van der Waals surface area (Å²) in [4.78, 5) is 12.4. The third-order valence-electron chi connectivity index (χ3n) is 6.20. The molecule has 0 radical (unpaired) electrons. The smallest absolute Gasteiger partial charge is 0.221 e. The summed E-state index contributed by atoms with van der Waals surface area (Å²) >= 11 is 1.72. The number of rotatable bonds is 8. The van der Waals surface area contributed by atoms with Gasteiger partial charge in [0.15, 0.2) is 6.29 Å². The summed E-state index contributed by atoms with van der Waals surface area (Å²) in [6.45, 7) is 4.16. The van der Waals surface area contributed by atoms with Crippen molar-refractivity contribution in [2.45, 2.75) is 50.4 Å². The molecule has 6 nitrogen and oxygen atoms in total. The number of ether oxygens (including phenoxy) is 2. The fourth-order valence-corrected chi connectivity index (χ4v) is 5.20. The molecule has 0 aromatic heterocycles. The van der Waals surface area contributed by atoms with Gasteiger partial charge >= 0.3 is 0 Å². The van der Waals surface area contributed by atoms with Crippen molar-refractivity contribution in [1.82, 2.24) is 0 Å². The van der Waals surface area contributed by atoms with E-state index >= 15 is 0 Å². The number of carbonyl (C=O) groups is 1. The molecular weight excluding hydrogens is 460 g/mol. The van der Waals surface area contributed by atoms with Crippen molar-refractivity contribution in [3.63, 3.8) is 0 Å². The van der Waals surface area contributed by atoms with E-state index < -0.39 is 6.29 Å². The SMILES string of the molecule is CC(=O)Nc1ccc(SCC2OC(c3ccc(CN)cc3)OC(c3ccc(CO)cc3)C2C)cc1. The Labute approximate surface area is 210 Å². The van der Waals surface area contributed by atoms with Crippen molar-refractivity contribution in [2.75, 3.05) is 11.1 Å². The molecule has 35 heavy (non-hydrogen) atoms. The van der Waals surface area contributed by atoms with Crippen molar-refractivity contribution in [2.24, 2.45) is 11.7 Å². The summed E-state index contributed by atoms with van der Waals surface area (Å²) in [6.07, 6.45) is -0.692. The fraction of sp³-hybridized carbons (Fsp3) is 0.321. The number of thioether (sulfide) groups is 1. The van der Waals surface area contributed by atoms with Gasteiger partial charge in [0.2, 0.25) is 5.91 Å². The summed E-state index contributed by atoms with van der Waals surface area (Å²) in [7, 11) is 0. The monoisotopic (exact) mass is 492 g/mol. The largest absolute Gasteiger partial charge is 0.392 e. The molecule has 3 aromatic rings. The number of benzene rings is 3. The van der Waals surface area contributed by atoms with Gasteiger partial charge in [0.05, 0.1) is 18.8 Å². The van der Waals surface area contributed by atoms with Crippen LogP contribution < -0.4 is 11.1 Å². The predicted molar refractivity (Wildman–Crippen MR) is 139 cm³/mol. The van der Waals surface area contributed by atoms with E-state index in [0.717, 1.165) is 38.6 Å². The molecule has 4 unspecified atom stereocenters. The zero-order valence-electron chi connectivity index (χ0n) is 20.0. The molecule has 1 heterocycles. The van der Waals surface area contributed by atoms with Crippen LogP contribution >= 0.6 is 11.8 Å². The maximum atomic E-state index is 11.3. The van der Waals surface area contributed by atoms with E-state index in [1.54, 1.807) is 11.8 Å². The highest BCUT2D eigenvalue weighted by Gasteiger charge is 2.38. The van der Waals surface area contributed by atoms with Gasteiger partial charge in [-0.1, -0.05) is 55.5 Å². The molecule has 0 saturated carbocycles. The summed E-state index contributed by atoms with van der Waals surface area (Å²) in [5.74, 6) is 0.784. The second-order valence-corrected chi connectivity index (χ2v) is 9.88. The predicted octanol–water partition coefficient (Wildman–Crippen LogP) is 5.18. The van der Waals surface area contributed by atoms with Gasteiger partial charge < -0.3 is 25.6 Å². The number of anilines is 1. The second-order valence-electron chi connectivity index (χ2n) is 8.78. The zero-order valence-corrected chi connectivity index (χ0v) is 20.8. The lowest BCUT2D eigenvalue weighted by Crippen LogP contribution is -2.38. The fourth-order valence-electron chi connectivity index (χ4n) is 4.14. The molecule has 184 valence electrons. The minimum Gasteiger partial charge on any atom is -0.392 e. The lowest BCUT2D eigenvalue weighted by atomic mass is 9.91. The third kappa shape index (κ3) is 6.51. The van der Waals surface area contributed by atoms with Gasteiger partial charge in [-0.25, -0.2) is 0 Å². The van der Waals surface area contributed by atoms with Crippen molar-refractivity contribution >= 4 is 23.4 Å². The molecule has 0 bridgehead atoms. The first-order valence-corrected chi connectivity index (χ1v) is 12.8. The number of amides is 1. The Hall–Kier alpha value is -2.68. The topological polar surface area (TPSA) is 93.8 Å². The Morgan fingerprint density at radius 2 is 1.57 bits per heavy atom. The molecule has 7 heteroatoms. The van der Waals surface area contributed by atoms with E-state index in [-0.39, 0.29) is 30.6 Å². The number of nitrogens with two attached hydrogens (primary N) is 1. The average Bonchev–Trinajstić information content (AvgIpc) is 2.89. The van der Waals surface area contributed by atoms with Gasteiger partial charge in [0, 0.05) is 41.3 Å². The standard InChI is InChI=1S/C28H32N2O4S/c1-18-26(17-35-25-13-11-24(12-14-25)30-19(2)32)33-28(23-9-3-20(15-29)4-10-23)34-27(18)22-7-5-21(16-31)6-8-22/h3-14,18,26-28,31H,15-17,29H2,1-2H3,(H,30,32). The van der Waals surface area contributed by atoms with E-state index in [0.29, 0.717) is 6.54 Å². The van der Waals surface area contributed by atoms with Crippen molar-refractivity contribution in [1.29, 1.82) is 0 Å². The van der Waals surface area contributed by atoms with Crippen LogP contribution in [0.5, 0.6) is 0 Å². The molecule has 1 amide bonds. The molecule has 1 aliphatic heterocycles. The lowest BCUT2D eigenvalue weighted by molar-refractivity contribution is -0.268. The number of aliphatic hydroxyl groups is 1. The third-order valence-corrected chi connectivity index (χ3v) is 7.30. The van der Waals surface area contributed by atoms with Gasteiger partial charge in [0.1, 0.15) is 0 Å². The van der Waals surface area contributed by atoms with Gasteiger partial charge in [-0.15, -0.1) is 11.8 Å². The first-order valence-electron chi connectivity index (χ1n) is 11.8. The Bertz CT molecular complexity index is 1100. The maximum Gasteiger partial charge on any atom is 0.221 e. The van der Waals surface area contributed by atoms with Crippen LogP contribution in [0, 0.1) is 5.92 Å². The highest BCUT2D eigenvalue weighted by molar-refractivity contribution is 7.99. The normalized spacial score (nSPS) is 22.1. The molecular formula is C28H32N2O4S. The van der Waals surface area contributed by atoms with Crippen LogP contribution in [0.4, 0.5) is 5.69 Å². The molecule has 4 rings (SSSR count). The van der Waals surface area contributed by atoms with E-state index in [1.807, 2.05) is 72.8 Å². The van der Waals surface area contributed by atoms with Crippen LogP contribution in [0.25, 0.3) is 0 Å². The minimum absolute atomic E-state index is 0.0145. The molecule has 1 saturated heterocycles. The maximum absolute atomic E-state index is 11.3. The zero-order chi connectivity index (χ0) is 24.8. The first-order chi connectivity index (χ1) is 17.0. The Kier molecular flexibility index (Phi) is 8.59. The van der Waals surface area contributed by atoms with Gasteiger partial charge in [-0.05, 0) is 41.0 Å². The summed E-state index contributed by atoms with van der Waals surface area (Å²) in [5, 5.41) is 12.2. The number of nitrogens with one attached hydrogen (secondary N) is 1. The summed E-state index contributed by atoms with van der Waals surface area (Å²) in [5.41, 5.74) is 10.5. The average molecular weight is 493 g/mol. The molecule has 1 fully saturated rings. The van der Waals surface area contributed by atoms with Crippen molar-refractivity contribution in [3.8, 4) is 0 Å². The Morgan fingerprint density at radius 3 is 2.17 bits per heavy atom. The van der Waals surface area contributed by atoms with E-state index in [1.165, 1.54) is 6.92 Å². The van der Waals surface area contributed by atoms with E-state index in [9.17, 15) is 9.90 Å². The van der Waals surface area contributed by atoms with Crippen LogP contribution in [0.1, 0.15) is 48.5 Å².